The molecule has 0 saturated carbocycles. The summed E-state index contributed by atoms with van der Waals surface area (Å²) in [4.78, 5) is 4.75. The zero-order valence-corrected chi connectivity index (χ0v) is 13.1. The Hall–Kier alpha value is -1.79. The molecule has 110 valence electrons. The second kappa shape index (κ2) is 6.32. The van der Waals surface area contributed by atoms with Crippen molar-refractivity contribution >= 4 is 22.6 Å². The largest absolute Gasteiger partial charge is 0.331 e. The van der Waals surface area contributed by atoms with Crippen LogP contribution in [0.15, 0.2) is 29.6 Å². The lowest BCUT2D eigenvalue weighted by molar-refractivity contribution is 0.502. The Kier molecular flexibility index (Phi) is 4.26. The molecule has 3 aromatic rings. The fourth-order valence-corrected chi connectivity index (χ4v) is 2.99. The van der Waals surface area contributed by atoms with E-state index in [4.69, 9.17) is 4.98 Å². The lowest BCUT2D eigenvalue weighted by Crippen LogP contribution is -2.25. The van der Waals surface area contributed by atoms with Crippen LogP contribution >= 0.6 is 11.5 Å². The molecule has 1 N–H and O–H groups in total. The molecule has 6 heteroatoms. The Morgan fingerprint density at radius 3 is 2.90 bits per heavy atom. The maximum absolute atomic E-state index is 4.75. The molecule has 0 amide bonds. The first-order valence-electron chi connectivity index (χ1n) is 7.20. The molecular formula is C15H19N5S. The molecule has 21 heavy (non-hydrogen) atoms. The average molecular weight is 301 g/mol. The van der Waals surface area contributed by atoms with Gasteiger partial charge in [-0.25, -0.2) is 4.98 Å². The number of nitrogens with one attached hydrogen (secondary N) is 1. The van der Waals surface area contributed by atoms with E-state index < -0.39 is 0 Å². The third-order valence-corrected chi connectivity index (χ3v) is 4.16. The van der Waals surface area contributed by atoms with Crippen LogP contribution in [-0.2, 0) is 13.5 Å². The number of fused-ring (bicyclic) bond motifs is 1. The minimum atomic E-state index is 0.166. The van der Waals surface area contributed by atoms with Gasteiger partial charge in [0.2, 0.25) is 0 Å². The summed E-state index contributed by atoms with van der Waals surface area (Å²) in [5.74, 6) is 1.07. The zero-order chi connectivity index (χ0) is 14.7. The molecule has 0 saturated heterocycles. The molecule has 0 aliphatic heterocycles. The fraction of sp³-hybridized carbons (Fsp3) is 0.400. The molecule has 5 nitrogen and oxygen atoms in total. The smallest absolute Gasteiger partial charge is 0.111 e. The predicted molar refractivity (Wildman–Crippen MR) is 85.4 cm³/mol. The van der Waals surface area contributed by atoms with E-state index in [1.54, 1.807) is 0 Å². The summed E-state index contributed by atoms with van der Waals surface area (Å²) >= 11 is 1.39. The molecule has 1 aromatic carbocycles. The zero-order valence-electron chi connectivity index (χ0n) is 12.3. The molecule has 0 fully saturated rings. The van der Waals surface area contributed by atoms with Gasteiger partial charge in [-0.3, -0.25) is 0 Å². The number of hydrogen-bond acceptors (Lipinski definition) is 5. The molecule has 0 spiro atoms. The van der Waals surface area contributed by atoms with Crippen LogP contribution in [0.4, 0.5) is 0 Å². The van der Waals surface area contributed by atoms with Crippen molar-refractivity contribution in [1.29, 1.82) is 0 Å². The third-order valence-electron chi connectivity index (χ3n) is 3.64. The maximum Gasteiger partial charge on any atom is 0.111 e. The SMILES string of the molecule is CCCNC(Cc1nc2ccccc2n1C)c1csnn1. The minimum absolute atomic E-state index is 0.166. The number of rotatable bonds is 6. The number of hydrogen-bond donors (Lipinski definition) is 1. The van der Waals surface area contributed by atoms with Gasteiger partial charge in [-0.05, 0) is 36.6 Å². The summed E-state index contributed by atoms with van der Waals surface area (Å²) in [5.41, 5.74) is 3.21. The van der Waals surface area contributed by atoms with Gasteiger partial charge in [-0.15, -0.1) is 5.10 Å². The summed E-state index contributed by atoms with van der Waals surface area (Å²) in [6.45, 7) is 3.13. The van der Waals surface area contributed by atoms with Gasteiger partial charge >= 0.3 is 0 Å². The number of aromatic nitrogens is 4. The summed E-state index contributed by atoms with van der Waals surface area (Å²) in [7, 11) is 2.07. The van der Waals surface area contributed by atoms with E-state index in [1.807, 2.05) is 17.5 Å². The topological polar surface area (TPSA) is 55.6 Å². The van der Waals surface area contributed by atoms with Gasteiger partial charge in [0.1, 0.15) is 5.82 Å². The monoisotopic (exact) mass is 301 g/mol. The Morgan fingerprint density at radius 1 is 1.33 bits per heavy atom. The highest BCUT2D eigenvalue weighted by molar-refractivity contribution is 7.03. The van der Waals surface area contributed by atoms with Crippen LogP contribution in [0.5, 0.6) is 0 Å². The lowest BCUT2D eigenvalue weighted by atomic mass is 10.1. The van der Waals surface area contributed by atoms with E-state index in [9.17, 15) is 0 Å². The van der Waals surface area contributed by atoms with E-state index in [0.717, 1.165) is 41.9 Å². The molecule has 0 radical (unpaired) electrons. The van der Waals surface area contributed by atoms with E-state index in [-0.39, 0.29) is 6.04 Å². The second-order valence-corrected chi connectivity index (χ2v) is 5.73. The van der Waals surface area contributed by atoms with Crippen LogP contribution in [0.25, 0.3) is 11.0 Å². The normalized spacial score (nSPS) is 12.9. The van der Waals surface area contributed by atoms with Crippen LogP contribution in [0.1, 0.15) is 30.9 Å². The van der Waals surface area contributed by atoms with Gasteiger partial charge in [-0.2, -0.15) is 0 Å². The minimum Gasteiger partial charge on any atom is -0.331 e. The van der Waals surface area contributed by atoms with E-state index >= 15 is 0 Å². The highest BCUT2D eigenvalue weighted by Crippen LogP contribution is 2.20. The van der Waals surface area contributed by atoms with E-state index in [1.165, 1.54) is 11.5 Å². The van der Waals surface area contributed by atoms with Crippen LogP contribution in [0, 0.1) is 0 Å². The molecular weight excluding hydrogens is 282 g/mol. The summed E-state index contributed by atoms with van der Waals surface area (Å²) in [5, 5.41) is 9.77. The summed E-state index contributed by atoms with van der Waals surface area (Å²) in [6.07, 6.45) is 1.91. The predicted octanol–water partition coefficient (Wildman–Crippen LogP) is 2.71. The number of para-hydroxylation sites is 2. The standard InChI is InChI=1S/C15H19N5S/c1-3-8-16-12(13-10-21-19-18-13)9-15-17-11-6-4-5-7-14(11)20(15)2/h4-7,10,12,16H,3,8-9H2,1-2H3. The van der Waals surface area contributed by atoms with Crippen LogP contribution in [0.3, 0.4) is 0 Å². The molecule has 0 aliphatic rings. The highest BCUT2D eigenvalue weighted by Gasteiger charge is 2.18. The van der Waals surface area contributed by atoms with Gasteiger partial charge in [0.25, 0.3) is 0 Å². The van der Waals surface area contributed by atoms with Crippen molar-refractivity contribution in [3.05, 3.63) is 41.2 Å². The molecule has 2 aromatic heterocycles. The molecule has 0 bridgehead atoms. The number of nitrogens with zero attached hydrogens (tertiary/aromatic N) is 4. The molecule has 0 aliphatic carbocycles. The molecule has 1 unspecified atom stereocenters. The second-order valence-electron chi connectivity index (χ2n) is 5.12. The summed E-state index contributed by atoms with van der Waals surface area (Å²) < 4.78 is 6.14. The Morgan fingerprint density at radius 2 is 2.19 bits per heavy atom. The molecule has 3 rings (SSSR count). The Labute approximate surface area is 128 Å². The van der Waals surface area contributed by atoms with Crippen molar-refractivity contribution in [2.24, 2.45) is 7.05 Å². The lowest BCUT2D eigenvalue weighted by Gasteiger charge is -2.15. The van der Waals surface area contributed by atoms with Crippen LogP contribution < -0.4 is 5.32 Å². The van der Waals surface area contributed by atoms with Gasteiger partial charge < -0.3 is 9.88 Å². The summed E-state index contributed by atoms with van der Waals surface area (Å²) in [6, 6.07) is 8.39. The van der Waals surface area contributed by atoms with Crippen LogP contribution in [0.2, 0.25) is 0 Å². The Balaban J connectivity index is 1.88. The molecule has 2 heterocycles. The average Bonchev–Trinajstić information content (AvgIpc) is 3.13. The number of aryl methyl sites for hydroxylation is 1. The first kappa shape index (κ1) is 14.2. The van der Waals surface area contributed by atoms with Crippen molar-refractivity contribution in [2.75, 3.05) is 6.54 Å². The number of imidazole rings is 1. The first-order valence-corrected chi connectivity index (χ1v) is 8.04. The van der Waals surface area contributed by atoms with E-state index in [2.05, 4.69) is 45.6 Å². The third kappa shape index (κ3) is 2.96. The number of benzene rings is 1. The van der Waals surface area contributed by atoms with Crippen molar-refractivity contribution in [1.82, 2.24) is 24.5 Å². The Bertz CT molecular complexity index is 704. The molecule has 1 atom stereocenters. The first-order chi connectivity index (χ1) is 10.3. The van der Waals surface area contributed by atoms with Crippen molar-refractivity contribution in [3.63, 3.8) is 0 Å². The fourth-order valence-electron chi connectivity index (χ4n) is 2.48. The van der Waals surface area contributed by atoms with E-state index in [0.29, 0.717) is 0 Å². The van der Waals surface area contributed by atoms with Gasteiger partial charge in [0, 0.05) is 18.8 Å². The van der Waals surface area contributed by atoms with Crippen LogP contribution in [-0.4, -0.2) is 25.7 Å². The highest BCUT2D eigenvalue weighted by atomic mass is 32.1. The van der Waals surface area contributed by atoms with Gasteiger partial charge in [-0.1, -0.05) is 23.5 Å². The quantitative estimate of drug-likeness (QED) is 0.760. The van der Waals surface area contributed by atoms with Crippen molar-refractivity contribution in [2.45, 2.75) is 25.8 Å². The van der Waals surface area contributed by atoms with Gasteiger partial charge in [0.05, 0.1) is 22.8 Å². The van der Waals surface area contributed by atoms with Gasteiger partial charge in [0.15, 0.2) is 0 Å². The van der Waals surface area contributed by atoms with Crippen molar-refractivity contribution < 1.29 is 0 Å². The van der Waals surface area contributed by atoms with Crippen molar-refractivity contribution in [3.8, 4) is 0 Å². The maximum atomic E-state index is 4.75.